The molecule has 22 heavy (non-hydrogen) atoms. The van der Waals surface area contributed by atoms with Gasteiger partial charge in [0.1, 0.15) is 24.1 Å². The van der Waals surface area contributed by atoms with Gasteiger partial charge >= 0.3 is 0 Å². The molecule has 0 aliphatic heterocycles. The predicted octanol–water partition coefficient (Wildman–Crippen LogP) is 2.72. The largest absolute Gasteiger partial charge is 0.497 e. The molecule has 110 valence electrons. The van der Waals surface area contributed by atoms with E-state index in [0.29, 0.717) is 16.9 Å². The summed E-state index contributed by atoms with van der Waals surface area (Å²) in [5.41, 5.74) is 2.91. The van der Waals surface area contributed by atoms with Crippen molar-refractivity contribution in [2.24, 2.45) is 0 Å². The van der Waals surface area contributed by atoms with E-state index in [1.54, 1.807) is 25.3 Å². The highest BCUT2D eigenvalue weighted by Crippen LogP contribution is 2.27. The van der Waals surface area contributed by atoms with Crippen LogP contribution in [-0.4, -0.2) is 29.2 Å². The summed E-state index contributed by atoms with van der Waals surface area (Å²) in [6.07, 6.45) is 1.61. The van der Waals surface area contributed by atoms with E-state index >= 15 is 0 Å². The van der Waals surface area contributed by atoms with Gasteiger partial charge in [0.05, 0.1) is 24.7 Å². The zero-order valence-corrected chi connectivity index (χ0v) is 12.0. The molecule has 0 atom stereocenters. The zero-order valence-electron chi connectivity index (χ0n) is 12.0. The van der Waals surface area contributed by atoms with Crippen LogP contribution in [0.25, 0.3) is 22.4 Å². The fourth-order valence-corrected chi connectivity index (χ4v) is 2.46. The highest BCUT2D eigenvalue weighted by molar-refractivity contribution is 5.87. The minimum Gasteiger partial charge on any atom is -0.497 e. The molecular weight excluding hydrogens is 280 g/mol. The Morgan fingerprint density at radius 3 is 2.77 bits per heavy atom. The SMILES string of the molecule is COc1cccc(-c2nc3cc(C=O)ccc3n2CC=O)c1. The number of methoxy groups -OCH3 is 1. The van der Waals surface area contributed by atoms with Crippen molar-refractivity contribution in [3.05, 3.63) is 48.0 Å². The number of fused-ring (bicyclic) bond motifs is 1. The van der Waals surface area contributed by atoms with Crippen molar-refractivity contribution in [3.8, 4) is 17.1 Å². The molecule has 0 spiro atoms. The number of ether oxygens (including phenoxy) is 1. The molecule has 0 bridgehead atoms. The molecule has 0 aliphatic carbocycles. The minimum atomic E-state index is 0.198. The van der Waals surface area contributed by atoms with E-state index in [-0.39, 0.29) is 6.54 Å². The quantitative estimate of drug-likeness (QED) is 0.679. The molecule has 0 unspecified atom stereocenters. The van der Waals surface area contributed by atoms with Gasteiger partial charge in [0, 0.05) is 11.1 Å². The molecule has 0 N–H and O–H groups in total. The van der Waals surface area contributed by atoms with Crippen LogP contribution in [0.1, 0.15) is 10.4 Å². The Morgan fingerprint density at radius 2 is 2.05 bits per heavy atom. The maximum absolute atomic E-state index is 11.0. The molecule has 5 nitrogen and oxygen atoms in total. The number of imidazole rings is 1. The Morgan fingerprint density at radius 1 is 1.18 bits per heavy atom. The fourth-order valence-electron chi connectivity index (χ4n) is 2.46. The molecule has 0 saturated carbocycles. The van der Waals surface area contributed by atoms with Gasteiger partial charge in [-0.3, -0.25) is 4.79 Å². The van der Waals surface area contributed by atoms with Crippen molar-refractivity contribution in [2.75, 3.05) is 7.11 Å². The van der Waals surface area contributed by atoms with Crippen molar-refractivity contribution in [3.63, 3.8) is 0 Å². The summed E-state index contributed by atoms with van der Waals surface area (Å²) in [6.45, 7) is 0.198. The number of nitrogens with zero attached hydrogens (tertiary/aromatic N) is 2. The minimum absolute atomic E-state index is 0.198. The molecule has 3 aromatic rings. The second-order valence-electron chi connectivity index (χ2n) is 4.81. The molecule has 5 heteroatoms. The van der Waals surface area contributed by atoms with E-state index in [0.717, 1.165) is 29.4 Å². The molecule has 0 radical (unpaired) electrons. The molecule has 0 saturated heterocycles. The van der Waals surface area contributed by atoms with E-state index in [9.17, 15) is 9.59 Å². The van der Waals surface area contributed by atoms with Crippen LogP contribution in [0.15, 0.2) is 42.5 Å². The molecule has 1 heterocycles. The number of aldehydes is 2. The highest BCUT2D eigenvalue weighted by Gasteiger charge is 2.13. The van der Waals surface area contributed by atoms with Crippen LogP contribution >= 0.6 is 0 Å². The number of rotatable bonds is 5. The fraction of sp³-hybridized carbons (Fsp3) is 0.118. The monoisotopic (exact) mass is 294 g/mol. The van der Waals surface area contributed by atoms with Crippen LogP contribution in [0.5, 0.6) is 5.75 Å². The zero-order chi connectivity index (χ0) is 15.5. The lowest BCUT2D eigenvalue weighted by atomic mass is 10.2. The molecule has 0 amide bonds. The number of hydrogen-bond acceptors (Lipinski definition) is 4. The Bertz CT molecular complexity index is 852. The van der Waals surface area contributed by atoms with Crippen LogP contribution in [0, 0.1) is 0 Å². The second kappa shape index (κ2) is 5.81. The third-order valence-electron chi connectivity index (χ3n) is 3.49. The van der Waals surface area contributed by atoms with E-state index in [2.05, 4.69) is 4.98 Å². The van der Waals surface area contributed by atoms with Gasteiger partial charge in [-0.25, -0.2) is 4.98 Å². The Balaban J connectivity index is 2.24. The van der Waals surface area contributed by atoms with Crippen molar-refractivity contribution in [1.29, 1.82) is 0 Å². The van der Waals surface area contributed by atoms with E-state index in [4.69, 9.17) is 4.74 Å². The normalized spacial score (nSPS) is 10.6. The predicted molar refractivity (Wildman–Crippen MR) is 83.2 cm³/mol. The van der Waals surface area contributed by atoms with Crippen molar-refractivity contribution in [2.45, 2.75) is 6.54 Å². The molecule has 2 aromatic carbocycles. The number of carbonyl (C=O) groups is 2. The molecular formula is C17H14N2O3. The average Bonchev–Trinajstić information content (AvgIpc) is 2.93. The summed E-state index contributed by atoms with van der Waals surface area (Å²) in [5, 5.41) is 0. The van der Waals surface area contributed by atoms with Gasteiger partial charge in [-0.05, 0) is 30.3 Å². The standard InChI is InChI=1S/C17H14N2O3/c1-22-14-4-2-3-13(10-14)17-18-15-9-12(11-21)5-6-16(15)19(17)7-8-20/h2-6,8-11H,7H2,1H3. The van der Waals surface area contributed by atoms with E-state index < -0.39 is 0 Å². The van der Waals surface area contributed by atoms with Crippen molar-refractivity contribution < 1.29 is 14.3 Å². The van der Waals surface area contributed by atoms with E-state index in [1.165, 1.54) is 0 Å². The summed E-state index contributed by atoms with van der Waals surface area (Å²) >= 11 is 0. The molecule has 1 aromatic heterocycles. The van der Waals surface area contributed by atoms with Gasteiger partial charge in [-0.15, -0.1) is 0 Å². The maximum Gasteiger partial charge on any atom is 0.150 e. The lowest BCUT2D eigenvalue weighted by Gasteiger charge is -2.07. The average molecular weight is 294 g/mol. The second-order valence-corrected chi connectivity index (χ2v) is 4.81. The van der Waals surface area contributed by atoms with Gasteiger partial charge < -0.3 is 14.1 Å². The summed E-state index contributed by atoms with van der Waals surface area (Å²) < 4.78 is 7.06. The lowest BCUT2D eigenvalue weighted by Crippen LogP contribution is -2.01. The van der Waals surface area contributed by atoms with Crippen molar-refractivity contribution >= 4 is 23.6 Å². The number of carbonyl (C=O) groups excluding carboxylic acids is 2. The first-order valence-corrected chi connectivity index (χ1v) is 6.80. The number of aromatic nitrogens is 2. The molecule has 0 aliphatic rings. The van der Waals surface area contributed by atoms with Crippen LogP contribution < -0.4 is 4.74 Å². The third kappa shape index (κ3) is 2.37. The van der Waals surface area contributed by atoms with Crippen LogP contribution in [0.2, 0.25) is 0 Å². The molecule has 3 rings (SSSR count). The first-order chi connectivity index (χ1) is 10.8. The van der Waals surface area contributed by atoms with Gasteiger partial charge in [0.25, 0.3) is 0 Å². The maximum atomic E-state index is 11.0. The van der Waals surface area contributed by atoms with E-state index in [1.807, 2.05) is 28.8 Å². The Kier molecular flexibility index (Phi) is 3.70. The van der Waals surface area contributed by atoms with Gasteiger partial charge in [0.15, 0.2) is 0 Å². The van der Waals surface area contributed by atoms with Crippen LogP contribution in [-0.2, 0) is 11.3 Å². The summed E-state index contributed by atoms with van der Waals surface area (Å²) in [4.78, 5) is 26.5. The molecule has 0 fully saturated rings. The first kappa shape index (κ1) is 14.0. The summed E-state index contributed by atoms with van der Waals surface area (Å²) in [6, 6.07) is 12.7. The highest BCUT2D eigenvalue weighted by atomic mass is 16.5. The summed E-state index contributed by atoms with van der Waals surface area (Å²) in [7, 11) is 1.60. The topological polar surface area (TPSA) is 61.2 Å². The van der Waals surface area contributed by atoms with Gasteiger partial charge in [0.2, 0.25) is 0 Å². The lowest BCUT2D eigenvalue weighted by molar-refractivity contribution is -0.108. The smallest absolute Gasteiger partial charge is 0.150 e. The Labute approximate surface area is 127 Å². The van der Waals surface area contributed by atoms with Gasteiger partial charge in [-0.2, -0.15) is 0 Å². The third-order valence-corrected chi connectivity index (χ3v) is 3.49. The summed E-state index contributed by atoms with van der Waals surface area (Å²) in [5.74, 6) is 1.39. The number of benzene rings is 2. The number of hydrogen-bond donors (Lipinski definition) is 0. The van der Waals surface area contributed by atoms with Crippen molar-refractivity contribution in [1.82, 2.24) is 9.55 Å². The van der Waals surface area contributed by atoms with Gasteiger partial charge in [-0.1, -0.05) is 12.1 Å². The first-order valence-electron chi connectivity index (χ1n) is 6.80. The van der Waals surface area contributed by atoms with Crippen LogP contribution in [0.3, 0.4) is 0 Å². The Hall–Kier alpha value is -2.95. The van der Waals surface area contributed by atoms with Crippen LogP contribution in [0.4, 0.5) is 0 Å².